The number of hydrogen-bond acceptors (Lipinski definition) is 4. The molecule has 144 valence electrons. The Bertz CT molecular complexity index is 979. The fourth-order valence-electron chi connectivity index (χ4n) is 3.91. The van der Waals surface area contributed by atoms with Gasteiger partial charge in [0.25, 0.3) is 5.56 Å². The van der Waals surface area contributed by atoms with E-state index in [1.807, 2.05) is 0 Å². The van der Waals surface area contributed by atoms with Crippen LogP contribution in [0.25, 0.3) is 0 Å². The number of ether oxygens (including phenoxy) is 1. The van der Waals surface area contributed by atoms with Crippen LogP contribution < -0.4 is 16.6 Å². The average Bonchev–Trinajstić information content (AvgIpc) is 2.65. The number of nitrogens with zero attached hydrogens (tertiary/aromatic N) is 1. The van der Waals surface area contributed by atoms with Crippen molar-refractivity contribution in [1.82, 2.24) is 9.55 Å². The summed E-state index contributed by atoms with van der Waals surface area (Å²) in [5, 5.41) is 2.83. The molecule has 0 radical (unpaired) electrons. The Balaban J connectivity index is 1.74. The average molecular weight is 377 g/mol. The van der Waals surface area contributed by atoms with Crippen LogP contribution in [0.5, 0.6) is 0 Å². The SMILES string of the molecule is Cc1ccc(F)c([C@@H]2Nc3[nH]c(=O)n(C4CCOCC4)c(=O)c3C[C@H]2F)c1. The van der Waals surface area contributed by atoms with E-state index in [4.69, 9.17) is 4.74 Å². The van der Waals surface area contributed by atoms with Crippen LogP contribution in [0.3, 0.4) is 0 Å². The molecule has 2 aliphatic heterocycles. The Morgan fingerprint density at radius 3 is 2.70 bits per heavy atom. The van der Waals surface area contributed by atoms with E-state index in [-0.39, 0.29) is 29.4 Å². The molecule has 2 atom stereocenters. The van der Waals surface area contributed by atoms with Gasteiger partial charge in [-0.25, -0.2) is 13.6 Å². The van der Waals surface area contributed by atoms with Crippen LogP contribution in [0.2, 0.25) is 0 Å². The molecule has 1 saturated heterocycles. The minimum atomic E-state index is -1.49. The lowest BCUT2D eigenvalue weighted by atomic mass is 9.92. The first-order chi connectivity index (χ1) is 13.0. The summed E-state index contributed by atoms with van der Waals surface area (Å²) in [5.41, 5.74) is 0.146. The number of fused-ring (bicyclic) bond motifs is 1. The molecule has 4 rings (SSSR count). The normalized spacial score (nSPS) is 22.9. The van der Waals surface area contributed by atoms with Gasteiger partial charge in [0.05, 0.1) is 11.6 Å². The molecule has 1 aromatic carbocycles. The summed E-state index contributed by atoms with van der Waals surface area (Å²) in [4.78, 5) is 28.0. The first kappa shape index (κ1) is 17.9. The van der Waals surface area contributed by atoms with Crippen LogP contribution in [0, 0.1) is 12.7 Å². The van der Waals surface area contributed by atoms with Crippen molar-refractivity contribution in [3.8, 4) is 0 Å². The number of aromatic nitrogens is 2. The predicted molar refractivity (Wildman–Crippen MR) is 96.5 cm³/mol. The maximum Gasteiger partial charge on any atom is 0.330 e. The first-order valence-electron chi connectivity index (χ1n) is 9.08. The van der Waals surface area contributed by atoms with Crippen molar-refractivity contribution in [1.29, 1.82) is 0 Å². The fraction of sp³-hybridized carbons (Fsp3) is 0.474. The third-order valence-electron chi connectivity index (χ3n) is 5.33. The van der Waals surface area contributed by atoms with Crippen LogP contribution in [0.1, 0.15) is 41.6 Å². The van der Waals surface area contributed by atoms with E-state index in [2.05, 4.69) is 10.3 Å². The molecule has 27 heavy (non-hydrogen) atoms. The number of alkyl halides is 1. The molecular formula is C19H21F2N3O3. The fourth-order valence-corrected chi connectivity index (χ4v) is 3.91. The third-order valence-corrected chi connectivity index (χ3v) is 5.33. The zero-order valence-electron chi connectivity index (χ0n) is 14.9. The second kappa shape index (κ2) is 6.92. The van der Waals surface area contributed by atoms with Crippen molar-refractivity contribution >= 4 is 5.82 Å². The molecule has 8 heteroatoms. The number of anilines is 1. The highest BCUT2D eigenvalue weighted by molar-refractivity contribution is 5.49. The maximum atomic E-state index is 14.9. The van der Waals surface area contributed by atoms with Gasteiger partial charge < -0.3 is 10.1 Å². The van der Waals surface area contributed by atoms with E-state index in [0.717, 1.165) is 5.56 Å². The summed E-state index contributed by atoms with van der Waals surface area (Å²) in [6.45, 7) is 2.75. The largest absolute Gasteiger partial charge is 0.381 e. The van der Waals surface area contributed by atoms with Gasteiger partial charge in [0.1, 0.15) is 17.8 Å². The van der Waals surface area contributed by atoms with Crippen molar-refractivity contribution in [3.05, 3.63) is 61.5 Å². The monoisotopic (exact) mass is 377 g/mol. The summed E-state index contributed by atoms with van der Waals surface area (Å²) in [6.07, 6.45) is -0.550. The Morgan fingerprint density at radius 1 is 1.22 bits per heavy atom. The highest BCUT2D eigenvalue weighted by Crippen LogP contribution is 2.33. The van der Waals surface area contributed by atoms with Crippen molar-refractivity contribution in [2.24, 2.45) is 0 Å². The lowest BCUT2D eigenvalue weighted by Crippen LogP contribution is -2.45. The van der Waals surface area contributed by atoms with Gasteiger partial charge in [0.15, 0.2) is 0 Å². The highest BCUT2D eigenvalue weighted by Gasteiger charge is 2.34. The molecule has 6 nitrogen and oxygen atoms in total. The Morgan fingerprint density at radius 2 is 1.96 bits per heavy atom. The summed E-state index contributed by atoms with van der Waals surface area (Å²) in [5.74, 6) is -0.352. The lowest BCUT2D eigenvalue weighted by Gasteiger charge is -2.31. The van der Waals surface area contributed by atoms with Gasteiger partial charge in [-0.3, -0.25) is 14.3 Å². The number of hydrogen-bond donors (Lipinski definition) is 2. The molecule has 0 bridgehead atoms. The molecule has 3 heterocycles. The van der Waals surface area contributed by atoms with Crippen molar-refractivity contribution in [2.45, 2.75) is 44.4 Å². The summed E-state index contributed by atoms with van der Waals surface area (Å²) in [6, 6.07) is 3.25. The number of benzene rings is 1. The summed E-state index contributed by atoms with van der Waals surface area (Å²) < 4.78 is 35.6. The van der Waals surface area contributed by atoms with E-state index < -0.39 is 29.3 Å². The summed E-state index contributed by atoms with van der Waals surface area (Å²) >= 11 is 0. The minimum Gasteiger partial charge on any atom is -0.381 e. The van der Waals surface area contributed by atoms with Crippen molar-refractivity contribution < 1.29 is 13.5 Å². The number of halogens is 2. The number of aromatic amines is 1. The molecule has 1 fully saturated rings. The van der Waals surface area contributed by atoms with E-state index in [1.165, 1.54) is 10.6 Å². The Kier molecular flexibility index (Phi) is 4.59. The molecular weight excluding hydrogens is 356 g/mol. The van der Waals surface area contributed by atoms with Gasteiger partial charge in [0.2, 0.25) is 0 Å². The molecule has 0 amide bonds. The number of nitrogens with one attached hydrogen (secondary N) is 2. The highest BCUT2D eigenvalue weighted by atomic mass is 19.1. The van der Waals surface area contributed by atoms with Gasteiger partial charge in [-0.15, -0.1) is 0 Å². The minimum absolute atomic E-state index is 0.174. The van der Waals surface area contributed by atoms with E-state index >= 15 is 0 Å². The van der Waals surface area contributed by atoms with Gasteiger partial charge >= 0.3 is 5.69 Å². The van der Waals surface area contributed by atoms with Crippen LogP contribution in [0.15, 0.2) is 27.8 Å². The lowest BCUT2D eigenvalue weighted by molar-refractivity contribution is 0.0673. The second-order valence-corrected chi connectivity index (χ2v) is 7.17. The molecule has 0 spiro atoms. The van der Waals surface area contributed by atoms with Crippen molar-refractivity contribution in [3.63, 3.8) is 0 Å². The predicted octanol–water partition coefficient (Wildman–Crippen LogP) is 2.38. The van der Waals surface area contributed by atoms with Gasteiger partial charge in [-0.05, 0) is 25.8 Å². The quantitative estimate of drug-likeness (QED) is 0.843. The molecule has 0 saturated carbocycles. The molecule has 0 unspecified atom stereocenters. The standard InChI is InChI=1S/C19H21F2N3O3/c1-10-2-3-14(20)12(8-10)16-15(21)9-13-17(22-16)23-19(26)24(18(13)25)11-4-6-27-7-5-11/h2-3,8,11,15-16,22H,4-7,9H2,1H3,(H,23,26)/t15-,16+/m1/s1. The van der Waals surface area contributed by atoms with Crippen molar-refractivity contribution in [2.75, 3.05) is 18.5 Å². The van der Waals surface area contributed by atoms with Crippen LogP contribution in [-0.4, -0.2) is 28.9 Å². The molecule has 2 N–H and O–H groups in total. The zero-order chi connectivity index (χ0) is 19.1. The van der Waals surface area contributed by atoms with Crippen LogP contribution >= 0.6 is 0 Å². The number of rotatable bonds is 2. The van der Waals surface area contributed by atoms with Gasteiger partial charge in [-0.1, -0.05) is 17.7 Å². The number of H-pyrrole nitrogens is 1. The first-order valence-corrected chi connectivity index (χ1v) is 9.08. The third kappa shape index (κ3) is 3.18. The summed E-state index contributed by atoms with van der Waals surface area (Å²) in [7, 11) is 0. The zero-order valence-corrected chi connectivity index (χ0v) is 14.9. The molecule has 2 aromatic rings. The Hall–Kier alpha value is -2.48. The topological polar surface area (TPSA) is 76.1 Å². The van der Waals surface area contributed by atoms with Crippen LogP contribution in [-0.2, 0) is 11.2 Å². The maximum absolute atomic E-state index is 14.9. The Labute approximate surface area is 154 Å². The van der Waals surface area contributed by atoms with Gasteiger partial charge in [-0.2, -0.15) is 0 Å². The molecule has 0 aliphatic carbocycles. The van der Waals surface area contributed by atoms with E-state index in [0.29, 0.717) is 26.1 Å². The van der Waals surface area contributed by atoms with E-state index in [9.17, 15) is 18.4 Å². The smallest absolute Gasteiger partial charge is 0.330 e. The second-order valence-electron chi connectivity index (χ2n) is 7.17. The number of aryl methyl sites for hydroxylation is 1. The molecule has 1 aromatic heterocycles. The van der Waals surface area contributed by atoms with Gasteiger partial charge in [0, 0.05) is 31.2 Å². The molecule has 2 aliphatic rings. The van der Waals surface area contributed by atoms with E-state index in [1.54, 1.807) is 19.1 Å². The van der Waals surface area contributed by atoms with Crippen LogP contribution in [0.4, 0.5) is 14.6 Å².